The topological polar surface area (TPSA) is 77.7 Å². The van der Waals surface area contributed by atoms with Gasteiger partial charge in [0.2, 0.25) is 0 Å². The first-order valence-electron chi connectivity index (χ1n) is 8.78. The van der Waals surface area contributed by atoms with Crippen molar-refractivity contribution in [2.24, 2.45) is 0 Å². The molecule has 2 aromatic carbocycles. The Morgan fingerprint density at radius 3 is 2.79 bits per heavy atom. The van der Waals surface area contributed by atoms with Crippen LogP contribution in [0.15, 0.2) is 47.8 Å². The lowest BCUT2D eigenvalue weighted by atomic mass is 10.1. The van der Waals surface area contributed by atoms with Gasteiger partial charge in [-0.25, -0.2) is 4.98 Å². The summed E-state index contributed by atoms with van der Waals surface area (Å²) in [5, 5.41) is 2.81. The van der Waals surface area contributed by atoms with Crippen molar-refractivity contribution in [3.63, 3.8) is 0 Å². The second-order valence-corrected chi connectivity index (χ2v) is 7.55. The third-order valence-corrected chi connectivity index (χ3v) is 5.19. The highest BCUT2D eigenvalue weighted by molar-refractivity contribution is 8.93. The second-order valence-electron chi connectivity index (χ2n) is 6.22. The third kappa shape index (κ3) is 4.83. The fourth-order valence-electron chi connectivity index (χ4n) is 3.05. The molecular formula is C20H19BrClN3O3S. The number of aromatic nitrogens is 1. The van der Waals surface area contributed by atoms with Gasteiger partial charge >= 0.3 is 0 Å². The zero-order chi connectivity index (χ0) is 19.5. The van der Waals surface area contributed by atoms with E-state index in [1.165, 1.54) is 11.3 Å². The van der Waals surface area contributed by atoms with E-state index >= 15 is 0 Å². The molecule has 4 rings (SSSR count). The van der Waals surface area contributed by atoms with Crippen molar-refractivity contribution in [2.45, 2.75) is 6.42 Å². The predicted octanol–water partition coefficient (Wildman–Crippen LogP) is 4.82. The summed E-state index contributed by atoms with van der Waals surface area (Å²) in [7, 11) is 0. The number of anilines is 2. The lowest BCUT2D eigenvalue weighted by molar-refractivity contribution is -0.121. The van der Waals surface area contributed by atoms with Gasteiger partial charge in [0.1, 0.15) is 5.75 Å². The molecule has 0 spiro atoms. The van der Waals surface area contributed by atoms with Gasteiger partial charge < -0.3 is 20.1 Å². The molecule has 1 aliphatic rings. The van der Waals surface area contributed by atoms with Crippen LogP contribution in [0.1, 0.15) is 6.42 Å². The van der Waals surface area contributed by atoms with Gasteiger partial charge in [-0.15, -0.1) is 28.3 Å². The average molecular weight is 497 g/mol. The van der Waals surface area contributed by atoms with Crippen molar-refractivity contribution in [1.29, 1.82) is 0 Å². The van der Waals surface area contributed by atoms with Crippen molar-refractivity contribution in [1.82, 2.24) is 4.98 Å². The number of hydrogen-bond acceptors (Lipinski definition) is 6. The standard InChI is InChI=1S/C20H18ClN3O3S.BrH/c21-13-9-15(16-12-28-20(22)23-16)19-17(10-13)24(18(25)11-27-19)7-4-8-26-14-5-2-1-3-6-14;/h1-3,5-6,9-10,12H,4,7-8,11H2,(H2,22,23);1H. The van der Waals surface area contributed by atoms with Crippen LogP contribution in [0.2, 0.25) is 5.02 Å². The predicted molar refractivity (Wildman–Crippen MR) is 122 cm³/mol. The number of fused-ring (bicyclic) bond motifs is 1. The molecule has 0 atom stereocenters. The van der Waals surface area contributed by atoms with Crippen LogP contribution >= 0.6 is 39.9 Å². The first kappa shape index (κ1) is 21.4. The Hall–Kier alpha value is -2.29. The van der Waals surface area contributed by atoms with Crippen molar-refractivity contribution in [3.05, 3.63) is 52.9 Å². The maximum absolute atomic E-state index is 12.5. The molecule has 9 heteroatoms. The highest BCUT2D eigenvalue weighted by Gasteiger charge is 2.29. The number of para-hydroxylation sites is 1. The Kier molecular flexibility index (Phi) is 7.00. The number of benzene rings is 2. The summed E-state index contributed by atoms with van der Waals surface area (Å²) in [5.41, 5.74) is 7.82. The van der Waals surface area contributed by atoms with Crippen LogP contribution in [0.5, 0.6) is 11.5 Å². The first-order chi connectivity index (χ1) is 13.6. The van der Waals surface area contributed by atoms with Crippen molar-refractivity contribution < 1.29 is 14.3 Å². The van der Waals surface area contributed by atoms with Crippen LogP contribution in [0.3, 0.4) is 0 Å². The summed E-state index contributed by atoms with van der Waals surface area (Å²) in [6, 6.07) is 13.1. The second kappa shape index (κ2) is 9.47. The van der Waals surface area contributed by atoms with Crippen molar-refractivity contribution in [2.75, 3.05) is 30.4 Å². The highest BCUT2D eigenvalue weighted by Crippen LogP contribution is 2.43. The number of hydrogen-bond donors (Lipinski definition) is 1. The van der Waals surface area contributed by atoms with Gasteiger partial charge in [0.25, 0.3) is 5.91 Å². The monoisotopic (exact) mass is 495 g/mol. The van der Waals surface area contributed by atoms with Crippen LogP contribution < -0.4 is 20.1 Å². The number of thiazole rings is 1. The SMILES string of the molecule is Br.Nc1nc(-c2cc(Cl)cc3c2OCC(=O)N3CCCOc2ccccc2)cs1. The van der Waals surface area contributed by atoms with E-state index in [4.69, 9.17) is 26.8 Å². The molecule has 1 aromatic heterocycles. The highest BCUT2D eigenvalue weighted by atomic mass is 79.9. The van der Waals surface area contributed by atoms with Gasteiger partial charge in [0.15, 0.2) is 17.5 Å². The molecule has 0 unspecified atom stereocenters. The zero-order valence-corrected chi connectivity index (χ0v) is 18.6. The Morgan fingerprint density at radius 1 is 1.28 bits per heavy atom. The van der Waals surface area contributed by atoms with E-state index in [0.717, 1.165) is 11.3 Å². The largest absolute Gasteiger partial charge is 0.494 e. The molecule has 1 amide bonds. The Labute approximate surface area is 188 Å². The Balaban J connectivity index is 0.00000240. The minimum absolute atomic E-state index is 0. The lowest BCUT2D eigenvalue weighted by Crippen LogP contribution is -2.40. The van der Waals surface area contributed by atoms with Crippen molar-refractivity contribution in [3.8, 4) is 22.8 Å². The van der Waals surface area contributed by atoms with Gasteiger partial charge in [0, 0.05) is 22.5 Å². The van der Waals surface area contributed by atoms with Gasteiger partial charge in [-0.2, -0.15) is 0 Å². The summed E-state index contributed by atoms with van der Waals surface area (Å²) >= 11 is 7.66. The number of nitrogen functional groups attached to an aromatic ring is 1. The summed E-state index contributed by atoms with van der Waals surface area (Å²) in [6.45, 7) is 0.974. The number of halogens is 2. The molecule has 0 radical (unpaired) electrons. The molecule has 3 aromatic rings. The van der Waals surface area contributed by atoms with E-state index in [1.54, 1.807) is 17.0 Å². The summed E-state index contributed by atoms with van der Waals surface area (Å²) in [6.07, 6.45) is 0.672. The van der Waals surface area contributed by atoms with E-state index < -0.39 is 0 Å². The van der Waals surface area contributed by atoms with Crippen LogP contribution in [-0.4, -0.2) is 30.6 Å². The average Bonchev–Trinajstić information content (AvgIpc) is 3.13. The number of ether oxygens (including phenoxy) is 2. The molecule has 6 nitrogen and oxygen atoms in total. The van der Waals surface area contributed by atoms with E-state index in [1.807, 2.05) is 35.7 Å². The zero-order valence-electron chi connectivity index (χ0n) is 15.3. The molecule has 0 aliphatic carbocycles. The van der Waals surface area contributed by atoms with Crippen LogP contribution in [0.25, 0.3) is 11.3 Å². The third-order valence-electron chi connectivity index (χ3n) is 4.30. The molecule has 0 bridgehead atoms. The fraction of sp³-hybridized carbons (Fsp3) is 0.200. The Bertz CT molecular complexity index is 1000. The van der Waals surface area contributed by atoms with E-state index in [-0.39, 0.29) is 29.5 Å². The maximum atomic E-state index is 12.5. The number of rotatable bonds is 6. The number of nitrogens with zero attached hydrogens (tertiary/aromatic N) is 2. The quantitative estimate of drug-likeness (QED) is 0.495. The summed E-state index contributed by atoms with van der Waals surface area (Å²) < 4.78 is 11.5. The smallest absolute Gasteiger partial charge is 0.265 e. The van der Waals surface area contributed by atoms with E-state index in [0.29, 0.717) is 46.9 Å². The molecule has 0 fully saturated rings. The molecule has 0 saturated heterocycles. The van der Waals surface area contributed by atoms with Crippen LogP contribution in [-0.2, 0) is 4.79 Å². The molecule has 2 heterocycles. The van der Waals surface area contributed by atoms with Crippen LogP contribution in [0.4, 0.5) is 10.8 Å². The number of carbonyl (C=O) groups is 1. The minimum Gasteiger partial charge on any atom is -0.494 e. The normalized spacial score (nSPS) is 12.7. The van der Waals surface area contributed by atoms with E-state index in [2.05, 4.69) is 4.98 Å². The van der Waals surface area contributed by atoms with Crippen LogP contribution in [0, 0.1) is 0 Å². The molecule has 2 N–H and O–H groups in total. The maximum Gasteiger partial charge on any atom is 0.265 e. The van der Waals surface area contributed by atoms with Gasteiger partial charge in [-0.1, -0.05) is 29.8 Å². The number of nitrogens with two attached hydrogens (primary N) is 1. The molecule has 1 aliphatic heterocycles. The molecule has 0 saturated carbocycles. The minimum atomic E-state index is -0.113. The van der Waals surface area contributed by atoms with Gasteiger partial charge in [-0.05, 0) is 30.7 Å². The molecule has 152 valence electrons. The Morgan fingerprint density at radius 2 is 2.07 bits per heavy atom. The molecule has 29 heavy (non-hydrogen) atoms. The molecular weight excluding hydrogens is 478 g/mol. The van der Waals surface area contributed by atoms with Crippen molar-refractivity contribution >= 4 is 56.6 Å². The fourth-order valence-corrected chi connectivity index (χ4v) is 3.83. The first-order valence-corrected chi connectivity index (χ1v) is 10.0. The summed E-state index contributed by atoms with van der Waals surface area (Å²) in [4.78, 5) is 18.5. The van der Waals surface area contributed by atoms with Gasteiger partial charge in [0.05, 0.1) is 18.0 Å². The van der Waals surface area contributed by atoms with Gasteiger partial charge in [-0.3, -0.25) is 4.79 Å². The number of carbonyl (C=O) groups excluding carboxylic acids is 1. The number of amides is 1. The van der Waals surface area contributed by atoms with E-state index in [9.17, 15) is 4.79 Å². The summed E-state index contributed by atoms with van der Waals surface area (Å²) in [5.74, 6) is 1.29. The lowest BCUT2D eigenvalue weighted by Gasteiger charge is -2.30.